The van der Waals surface area contributed by atoms with Gasteiger partial charge in [0.1, 0.15) is 0 Å². The first-order valence-electron chi connectivity index (χ1n) is 7.45. The number of unbranched alkanes of at least 4 members (excludes halogenated alkanes) is 1. The van der Waals surface area contributed by atoms with Crippen LogP contribution in [0.15, 0.2) is 0 Å². The zero-order valence-electron chi connectivity index (χ0n) is 11.0. The number of rotatable bonds is 5. The molecule has 0 radical (unpaired) electrons. The fraction of sp³-hybridized carbons (Fsp3) is 0.933. The van der Waals surface area contributed by atoms with Gasteiger partial charge < -0.3 is 4.74 Å². The first kappa shape index (κ1) is 12.8. The van der Waals surface area contributed by atoms with Crippen molar-refractivity contribution in [2.24, 2.45) is 23.2 Å². The molecule has 102 valence electrons. The number of hydrogen-bond donors (Lipinski definition) is 0. The molecule has 2 nitrogen and oxygen atoms in total. The van der Waals surface area contributed by atoms with E-state index in [4.69, 9.17) is 16.3 Å². The SMILES string of the molecule is O=C(OCCCCCl)C12CC3CC(CC(C3)C1)C2. The molecular formula is C15H23ClO2. The van der Waals surface area contributed by atoms with Crippen molar-refractivity contribution in [3.05, 3.63) is 0 Å². The Balaban J connectivity index is 1.59. The summed E-state index contributed by atoms with van der Waals surface area (Å²) in [7, 11) is 0. The van der Waals surface area contributed by atoms with E-state index in [-0.39, 0.29) is 11.4 Å². The third-order valence-corrected chi connectivity index (χ3v) is 5.50. The maximum Gasteiger partial charge on any atom is 0.312 e. The maximum atomic E-state index is 12.4. The van der Waals surface area contributed by atoms with Gasteiger partial charge in [-0.15, -0.1) is 11.6 Å². The largest absolute Gasteiger partial charge is 0.465 e. The van der Waals surface area contributed by atoms with Crippen LogP contribution in [0.5, 0.6) is 0 Å². The van der Waals surface area contributed by atoms with Gasteiger partial charge in [0.05, 0.1) is 12.0 Å². The molecule has 0 unspecified atom stereocenters. The lowest BCUT2D eigenvalue weighted by Crippen LogP contribution is -2.50. The molecule has 0 spiro atoms. The van der Waals surface area contributed by atoms with Gasteiger partial charge in [0.15, 0.2) is 0 Å². The van der Waals surface area contributed by atoms with Gasteiger partial charge in [-0.2, -0.15) is 0 Å². The fourth-order valence-electron chi connectivity index (χ4n) is 4.88. The second kappa shape index (κ2) is 5.03. The van der Waals surface area contributed by atoms with Crippen molar-refractivity contribution in [3.8, 4) is 0 Å². The molecule has 0 aromatic carbocycles. The minimum absolute atomic E-state index is 0.0876. The van der Waals surface area contributed by atoms with Crippen LogP contribution < -0.4 is 0 Å². The lowest BCUT2D eigenvalue weighted by atomic mass is 9.49. The average Bonchev–Trinajstić information content (AvgIpc) is 2.32. The van der Waals surface area contributed by atoms with Crippen LogP contribution in [0.2, 0.25) is 0 Å². The Hall–Kier alpha value is -0.240. The fourth-order valence-corrected chi connectivity index (χ4v) is 5.06. The topological polar surface area (TPSA) is 26.3 Å². The molecule has 4 aliphatic rings. The van der Waals surface area contributed by atoms with Crippen LogP contribution in [0.25, 0.3) is 0 Å². The highest BCUT2D eigenvalue weighted by atomic mass is 35.5. The zero-order valence-corrected chi connectivity index (χ0v) is 11.8. The molecule has 18 heavy (non-hydrogen) atoms. The minimum Gasteiger partial charge on any atom is -0.465 e. The second-order valence-corrected chi connectivity index (χ2v) is 7.11. The van der Waals surface area contributed by atoms with Gasteiger partial charge in [0.2, 0.25) is 0 Å². The van der Waals surface area contributed by atoms with Crippen LogP contribution in [0, 0.1) is 23.2 Å². The molecule has 4 saturated carbocycles. The third kappa shape index (κ3) is 2.29. The van der Waals surface area contributed by atoms with E-state index < -0.39 is 0 Å². The predicted molar refractivity (Wildman–Crippen MR) is 71.5 cm³/mol. The van der Waals surface area contributed by atoms with Crippen molar-refractivity contribution in [2.45, 2.75) is 51.4 Å². The highest BCUT2D eigenvalue weighted by Crippen LogP contribution is 2.60. The molecule has 0 aromatic heterocycles. The Morgan fingerprint density at radius 3 is 2.11 bits per heavy atom. The molecule has 3 heteroatoms. The first-order chi connectivity index (χ1) is 8.72. The van der Waals surface area contributed by atoms with Gasteiger partial charge >= 0.3 is 5.97 Å². The summed E-state index contributed by atoms with van der Waals surface area (Å²) in [5, 5.41) is 0. The van der Waals surface area contributed by atoms with Crippen molar-refractivity contribution >= 4 is 17.6 Å². The smallest absolute Gasteiger partial charge is 0.312 e. The molecule has 0 aliphatic heterocycles. The van der Waals surface area contributed by atoms with Gasteiger partial charge in [0, 0.05) is 5.88 Å². The summed E-state index contributed by atoms with van der Waals surface area (Å²) in [5.74, 6) is 3.20. The molecule has 4 aliphatic carbocycles. The highest BCUT2D eigenvalue weighted by Gasteiger charge is 2.55. The molecule has 4 rings (SSSR count). The molecule has 0 amide bonds. The summed E-state index contributed by atoms with van der Waals surface area (Å²) >= 11 is 5.63. The van der Waals surface area contributed by atoms with Crippen LogP contribution in [-0.4, -0.2) is 18.5 Å². The standard InChI is InChI=1S/C15H23ClO2/c16-3-1-2-4-18-14(17)15-8-11-5-12(9-15)7-13(6-11)10-15/h11-13H,1-10H2. The first-order valence-corrected chi connectivity index (χ1v) is 7.98. The quantitative estimate of drug-likeness (QED) is 0.432. The number of halogens is 1. The lowest BCUT2D eigenvalue weighted by Gasteiger charge is -2.55. The number of carbonyl (C=O) groups excluding carboxylic acids is 1. The maximum absolute atomic E-state index is 12.4. The van der Waals surface area contributed by atoms with Crippen LogP contribution >= 0.6 is 11.6 Å². The van der Waals surface area contributed by atoms with Crippen molar-refractivity contribution in [1.82, 2.24) is 0 Å². The number of esters is 1. The molecule has 4 bridgehead atoms. The second-order valence-electron chi connectivity index (χ2n) is 6.73. The van der Waals surface area contributed by atoms with Gasteiger partial charge in [-0.3, -0.25) is 4.79 Å². The lowest BCUT2D eigenvalue weighted by molar-refractivity contribution is -0.171. The van der Waals surface area contributed by atoms with Gasteiger partial charge in [-0.25, -0.2) is 0 Å². The van der Waals surface area contributed by atoms with Crippen LogP contribution in [0.4, 0.5) is 0 Å². The molecule has 0 atom stereocenters. The van der Waals surface area contributed by atoms with E-state index in [1.54, 1.807) is 0 Å². The predicted octanol–water partition coefficient (Wildman–Crippen LogP) is 3.77. The average molecular weight is 271 g/mol. The van der Waals surface area contributed by atoms with E-state index in [0.717, 1.165) is 49.9 Å². The minimum atomic E-state index is -0.0876. The Morgan fingerprint density at radius 1 is 1.06 bits per heavy atom. The van der Waals surface area contributed by atoms with Crippen molar-refractivity contribution in [2.75, 3.05) is 12.5 Å². The van der Waals surface area contributed by atoms with Gasteiger partial charge in [0.25, 0.3) is 0 Å². The molecule has 0 aromatic rings. The van der Waals surface area contributed by atoms with E-state index in [1.165, 1.54) is 19.3 Å². The third-order valence-electron chi connectivity index (χ3n) is 5.23. The summed E-state index contributed by atoms with van der Waals surface area (Å²) in [5.41, 5.74) is -0.0876. The van der Waals surface area contributed by atoms with Crippen LogP contribution in [-0.2, 0) is 9.53 Å². The molecule has 0 N–H and O–H groups in total. The Bertz CT molecular complexity index is 291. The summed E-state index contributed by atoms with van der Waals surface area (Å²) < 4.78 is 5.53. The Labute approximate surface area is 114 Å². The summed E-state index contributed by atoms with van der Waals surface area (Å²) in [6.07, 6.45) is 9.28. The monoisotopic (exact) mass is 270 g/mol. The molecule has 4 fully saturated rings. The molecule has 0 heterocycles. The van der Waals surface area contributed by atoms with E-state index in [0.29, 0.717) is 12.5 Å². The van der Waals surface area contributed by atoms with E-state index in [2.05, 4.69) is 0 Å². The van der Waals surface area contributed by atoms with E-state index in [9.17, 15) is 4.79 Å². The number of alkyl halides is 1. The van der Waals surface area contributed by atoms with Crippen LogP contribution in [0.3, 0.4) is 0 Å². The zero-order chi connectivity index (χ0) is 12.6. The van der Waals surface area contributed by atoms with E-state index >= 15 is 0 Å². The Kier molecular flexibility index (Phi) is 3.57. The highest BCUT2D eigenvalue weighted by molar-refractivity contribution is 6.17. The normalized spacial score (nSPS) is 41.1. The summed E-state index contributed by atoms with van der Waals surface area (Å²) in [6, 6.07) is 0. The summed E-state index contributed by atoms with van der Waals surface area (Å²) in [6.45, 7) is 0.563. The number of ether oxygens (including phenoxy) is 1. The van der Waals surface area contributed by atoms with Crippen molar-refractivity contribution < 1.29 is 9.53 Å². The number of carbonyl (C=O) groups is 1. The summed E-state index contributed by atoms with van der Waals surface area (Å²) in [4.78, 5) is 12.4. The molecule has 0 saturated heterocycles. The van der Waals surface area contributed by atoms with Crippen molar-refractivity contribution in [1.29, 1.82) is 0 Å². The van der Waals surface area contributed by atoms with Crippen LogP contribution in [0.1, 0.15) is 51.4 Å². The Morgan fingerprint density at radius 2 is 1.61 bits per heavy atom. The molecular weight excluding hydrogens is 248 g/mol. The number of hydrogen-bond acceptors (Lipinski definition) is 2. The van der Waals surface area contributed by atoms with Gasteiger partial charge in [-0.1, -0.05) is 0 Å². The van der Waals surface area contributed by atoms with E-state index in [1.807, 2.05) is 0 Å². The van der Waals surface area contributed by atoms with Crippen molar-refractivity contribution in [3.63, 3.8) is 0 Å². The van der Waals surface area contributed by atoms with Gasteiger partial charge in [-0.05, 0) is 69.1 Å².